The van der Waals surface area contributed by atoms with E-state index in [-0.39, 0.29) is 4.90 Å². The summed E-state index contributed by atoms with van der Waals surface area (Å²) in [6.07, 6.45) is 2.28. The lowest BCUT2D eigenvalue weighted by atomic mass is 10.2. The van der Waals surface area contributed by atoms with Gasteiger partial charge in [-0.05, 0) is 38.1 Å². The van der Waals surface area contributed by atoms with Gasteiger partial charge in [-0.15, -0.1) is 0 Å². The van der Waals surface area contributed by atoms with Gasteiger partial charge in [-0.25, -0.2) is 12.8 Å². The van der Waals surface area contributed by atoms with Crippen LogP contribution in [0.1, 0.15) is 18.4 Å². The van der Waals surface area contributed by atoms with E-state index in [2.05, 4.69) is 4.90 Å². The second kappa shape index (κ2) is 6.52. The minimum Gasteiger partial charge on any atom is -0.302 e. The predicted molar refractivity (Wildman–Crippen MR) is 76.6 cm³/mol. The molecule has 0 radical (unpaired) electrons. The molecule has 0 saturated carbocycles. The van der Waals surface area contributed by atoms with Crippen molar-refractivity contribution in [1.29, 1.82) is 5.26 Å². The summed E-state index contributed by atoms with van der Waals surface area (Å²) >= 11 is 0. The topological polar surface area (TPSA) is 64.4 Å². The van der Waals surface area contributed by atoms with Crippen molar-refractivity contribution in [2.45, 2.75) is 17.7 Å². The van der Waals surface area contributed by atoms with E-state index < -0.39 is 21.4 Å². The highest BCUT2D eigenvalue weighted by atomic mass is 32.2. The zero-order valence-electron chi connectivity index (χ0n) is 11.9. The first-order chi connectivity index (χ1) is 9.96. The molecule has 0 atom stereocenters. The molecule has 1 saturated heterocycles. The van der Waals surface area contributed by atoms with Crippen LogP contribution in [0.3, 0.4) is 0 Å². The predicted octanol–water partition coefficient (Wildman–Crippen LogP) is 1.41. The van der Waals surface area contributed by atoms with Crippen LogP contribution < -0.4 is 0 Å². The highest BCUT2D eigenvalue weighted by Gasteiger charge is 2.26. The highest BCUT2D eigenvalue weighted by Crippen LogP contribution is 2.21. The van der Waals surface area contributed by atoms with Gasteiger partial charge in [-0.3, -0.25) is 0 Å². The molecule has 0 N–H and O–H groups in total. The summed E-state index contributed by atoms with van der Waals surface area (Å²) in [5.74, 6) is -0.813. The Kier molecular flexibility index (Phi) is 4.93. The van der Waals surface area contributed by atoms with Crippen LogP contribution in [-0.4, -0.2) is 50.8 Å². The van der Waals surface area contributed by atoms with Gasteiger partial charge in [0.2, 0.25) is 10.0 Å². The first-order valence-electron chi connectivity index (χ1n) is 6.84. The van der Waals surface area contributed by atoms with E-state index >= 15 is 0 Å². The normalized spacial score (nSPS) is 16.3. The molecule has 0 aliphatic carbocycles. The fourth-order valence-corrected chi connectivity index (χ4v) is 3.71. The number of benzene rings is 1. The molecule has 1 aromatic rings. The summed E-state index contributed by atoms with van der Waals surface area (Å²) in [5, 5.41) is 8.97. The summed E-state index contributed by atoms with van der Waals surface area (Å²) in [5.41, 5.74) is -0.425. The maximum absolute atomic E-state index is 13.6. The molecule has 1 aliphatic heterocycles. The summed E-state index contributed by atoms with van der Waals surface area (Å²) in [4.78, 5) is 1.93. The fourth-order valence-electron chi connectivity index (χ4n) is 2.40. The number of sulfonamides is 1. The van der Waals surface area contributed by atoms with Crippen LogP contribution in [0.15, 0.2) is 23.1 Å². The van der Waals surface area contributed by atoms with E-state index in [1.165, 1.54) is 23.5 Å². The quantitative estimate of drug-likeness (QED) is 0.825. The number of nitriles is 1. The van der Waals surface area contributed by atoms with Gasteiger partial charge in [0.25, 0.3) is 0 Å². The Morgan fingerprint density at radius 2 is 2.05 bits per heavy atom. The van der Waals surface area contributed by atoms with Gasteiger partial charge in [0, 0.05) is 20.1 Å². The van der Waals surface area contributed by atoms with E-state index in [1.807, 2.05) is 0 Å². The van der Waals surface area contributed by atoms with Crippen molar-refractivity contribution >= 4 is 10.0 Å². The van der Waals surface area contributed by atoms with Crippen LogP contribution in [0.2, 0.25) is 0 Å². The van der Waals surface area contributed by atoms with Crippen LogP contribution in [0.25, 0.3) is 0 Å². The van der Waals surface area contributed by atoms with E-state index in [1.54, 1.807) is 6.07 Å². The lowest BCUT2D eigenvalue weighted by Crippen LogP contribution is -2.35. The third-order valence-electron chi connectivity index (χ3n) is 3.71. The van der Waals surface area contributed by atoms with Crippen molar-refractivity contribution in [2.75, 3.05) is 33.2 Å². The summed E-state index contributed by atoms with van der Waals surface area (Å²) in [6, 6.07) is 5.29. The number of halogens is 1. The minimum atomic E-state index is -3.85. The van der Waals surface area contributed by atoms with Gasteiger partial charge in [0.1, 0.15) is 22.3 Å². The second-order valence-corrected chi connectivity index (χ2v) is 7.11. The molecule has 1 fully saturated rings. The fraction of sp³-hybridized carbons (Fsp3) is 0.500. The molecular weight excluding hydrogens is 293 g/mol. The molecule has 1 heterocycles. The maximum atomic E-state index is 13.6. The van der Waals surface area contributed by atoms with Gasteiger partial charge in [0.05, 0.1) is 0 Å². The van der Waals surface area contributed by atoms with Crippen molar-refractivity contribution in [3.8, 4) is 6.07 Å². The van der Waals surface area contributed by atoms with Crippen molar-refractivity contribution in [3.63, 3.8) is 0 Å². The van der Waals surface area contributed by atoms with Crippen LogP contribution in [-0.2, 0) is 10.0 Å². The Balaban J connectivity index is 2.17. The third-order valence-corrected chi connectivity index (χ3v) is 5.60. The summed E-state index contributed by atoms with van der Waals surface area (Å²) < 4.78 is 39.7. The molecule has 21 heavy (non-hydrogen) atoms. The largest absolute Gasteiger partial charge is 0.302 e. The first-order valence-corrected chi connectivity index (χ1v) is 8.28. The van der Waals surface area contributed by atoms with Crippen LogP contribution in [0, 0.1) is 17.1 Å². The highest BCUT2D eigenvalue weighted by molar-refractivity contribution is 7.89. The Morgan fingerprint density at radius 3 is 2.67 bits per heavy atom. The molecule has 2 rings (SSSR count). The van der Waals surface area contributed by atoms with Crippen molar-refractivity contribution in [3.05, 3.63) is 29.6 Å². The van der Waals surface area contributed by atoms with Gasteiger partial charge in [-0.1, -0.05) is 6.07 Å². The molecule has 5 nitrogen and oxygen atoms in total. The van der Waals surface area contributed by atoms with Gasteiger partial charge in [0.15, 0.2) is 0 Å². The molecule has 0 spiro atoms. The molecule has 0 amide bonds. The summed E-state index contributed by atoms with van der Waals surface area (Å²) in [7, 11) is -2.40. The zero-order chi connectivity index (χ0) is 15.5. The average molecular weight is 311 g/mol. The van der Waals surface area contributed by atoms with Gasteiger partial charge < -0.3 is 4.90 Å². The molecule has 0 unspecified atom stereocenters. The molecular formula is C14H18FN3O2S. The van der Waals surface area contributed by atoms with Gasteiger partial charge >= 0.3 is 0 Å². The zero-order valence-corrected chi connectivity index (χ0v) is 12.7. The standard InChI is InChI=1S/C14H18FN3O2S/c1-17(9-10-18-7-2-3-8-18)21(19,20)14-6-4-5-13(15)12(14)11-16/h4-6H,2-3,7-10H2,1H3. The molecule has 114 valence electrons. The number of nitrogens with zero attached hydrogens (tertiary/aromatic N) is 3. The molecule has 0 bridgehead atoms. The Bertz CT molecular complexity index is 649. The van der Waals surface area contributed by atoms with Crippen molar-refractivity contribution in [1.82, 2.24) is 9.21 Å². The van der Waals surface area contributed by atoms with Crippen molar-refractivity contribution < 1.29 is 12.8 Å². The van der Waals surface area contributed by atoms with E-state index in [9.17, 15) is 12.8 Å². The van der Waals surface area contributed by atoms with Crippen molar-refractivity contribution in [2.24, 2.45) is 0 Å². The van der Waals surface area contributed by atoms with Crippen LogP contribution in [0.5, 0.6) is 0 Å². The number of hydrogen-bond donors (Lipinski definition) is 0. The lowest BCUT2D eigenvalue weighted by molar-refractivity contribution is 0.310. The monoisotopic (exact) mass is 311 g/mol. The smallest absolute Gasteiger partial charge is 0.244 e. The molecule has 1 aromatic carbocycles. The second-order valence-electron chi connectivity index (χ2n) is 5.10. The first kappa shape index (κ1) is 15.9. The maximum Gasteiger partial charge on any atom is 0.244 e. The average Bonchev–Trinajstić information content (AvgIpc) is 2.97. The van der Waals surface area contributed by atoms with E-state index in [0.29, 0.717) is 13.1 Å². The molecule has 7 heteroatoms. The number of likely N-dealkylation sites (N-methyl/N-ethyl adjacent to an activating group) is 1. The van der Waals surface area contributed by atoms with Crippen LogP contribution >= 0.6 is 0 Å². The molecule has 0 aromatic heterocycles. The minimum absolute atomic E-state index is 0.270. The number of rotatable bonds is 5. The van der Waals surface area contributed by atoms with Crippen LogP contribution in [0.4, 0.5) is 4.39 Å². The number of likely N-dealkylation sites (tertiary alicyclic amines) is 1. The SMILES string of the molecule is CN(CCN1CCCC1)S(=O)(=O)c1cccc(F)c1C#N. The molecule has 1 aliphatic rings. The summed E-state index contributed by atoms with van der Waals surface area (Å²) in [6.45, 7) is 2.94. The van der Waals surface area contributed by atoms with E-state index in [0.717, 1.165) is 32.0 Å². The third kappa shape index (κ3) is 3.40. The number of hydrogen-bond acceptors (Lipinski definition) is 4. The van der Waals surface area contributed by atoms with E-state index in [4.69, 9.17) is 5.26 Å². The Morgan fingerprint density at radius 1 is 1.38 bits per heavy atom. The van der Waals surface area contributed by atoms with Gasteiger partial charge in [-0.2, -0.15) is 9.57 Å². The lowest BCUT2D eigenvalue weighted by Gasteiger charge is -2.21. The Hall–Kier alpha value is -1.49. The Labute approximate surface area is 124 Å².